The second-order valence-electron chi connectivity index (χ2n) is 20.7. The molecule has 1 saturated carbocycles. The Morgan fingerprint density at radius 2 is 1.61 bits per heavy atom. The first kappa shape index (κ1) is 52.7. The van der Waals surface area contributed by atoms with Gasteiger partial charge in [-0.15, -0.1) is 11.3 Å². The van der Waals surface area contributed by atoms with Crippen LogP contribution >= 0.6 is 22.7 Å². The van der Waals surface area contributed by atoms with E-state index in [0.717, 1.165) is 125 Å². The molecule has 17 heteroatoms. The summed E-state index contributed by atoms with van der Waals surface area (Å²) >= 11 is 3.23. The summed E-state index contributed by atoms with van der Waals surface area (Å²) in [6.45, 7) is 9.70. The number of aryl methyl sites for hydroxylation is 1. The van der Waals surface area contributed by atoms with Gasteiger partial charge in [-0.3, -0.25) is 19.3 Å². The van der Waals surface area contributed by atoms with E-state index in [1.807, 2.05) is 75.7 Å². The van der Waals surface area contributed by atoms with Gasteiger partial charge in [-0.05, 0) is 85.8 Å². The van der Waals surface area contributed by atoms with Gasteiger partial charge in [-0.25, -0.2) is 19.7 Å². The smallest absolute Gasteiger partial charge is 0.414 e. The number of nitrogens with zero attached hydrogens (tertiary/aromatic N) is 5. The molecule has 3 aliphatic rings. The third-order valence-electron chi connectivity index (χ3n) is 14.0. The molecule has 5 aromatic rings. The van der Waals surface area contributed by atoms with Gasteiger partial charge in [0, 0.05) is 44.2 Å². The maximum atomic E-state index is 14.0. The van der Waals surface area contributed by atoms with Crippen LogP contribution in [0.15, 0.2) is 60.2 Å². The van der Waals surface area contributed by atoms with Crippen LogP contribution in [-0.4, -0.2) is 99.3 Å². The van der Waals surface area contributed by atoms with E-state index in [1.54, 1.807) is 33.8 Å². The third-order valence-corrected chi connectivity index (χ3v) is 16.0. The van der Waals surface area contributed by atoms with E-state index in [-0.39, 0.29) is 42.9 Å². The largest absolute Gasteiger partial charge is 0.474 e. The Bertz CT molecular complexity index is 2620. The number of hydrogen-bond donors (Lipinski definition) is 4. The molecule has 72 heavy (non-hydrogen) atoms. The van der Waals surface area contributed by atoms with Crippen molar-refractivity contribution in [2.75, 3.05) is 36.5 Å². The zero-order valence-electron chi connectivity index (χ0n) is 42.4. The van der Waals surface area contributed by atoms with Gasteiger partial charge in [0.15, 0.2) is 5.13 Å². The number of hydrogen-bond acceptors (Lipinski definition) is 13. The number of carbonyl (C=O) groups is 4. The van der Waals surface area contributed by atoms with E-state index in [1.165, 1.54) is 24.2 Å². The van der Waals surface area contributed by atoms with Crippen LogP contribution in [0.3, 0.4) is 0 Å². The normalized spacial score (nSPS) is 17.6. The number of aromatic nitrogens is 3. The molecule has 8 rings (SSSR count). The van der Waals surface area contributed by atoms with E-state index in [4.69, 9.17) is 14.5 Å². The summed E-state index contributed by atoms with van der Waals surface area (Å²) in [6.07, 6.45) is 15.9. The highest BCUT2D eigenvalue weighted by molar-refractivity contribution is 7.22. The molecule has 2 fully saturated rings. The summed E-state index contributed by atoms with van der Waals surface area (Å²) in [5.74, 6) is -0.395. The molecule has 0 radical (unpaired) electrons. The van der Waals surface area contributed by atoms with Crippen LogP contribution in [0.2, 0.25) is 0 Å². The Morgan fingerprint density at radius 1 is 0.889 bits per heavy atom. The van der Waals surface area contributed by atoms with Gasteiger partial charge >= 0.3 is 6.09 Å². The summed E-state index contributed by atoms with van der Waals surface area (Å²) in [7, 11) is 0. The summed E-state index contributed by atoms with van der Waals surface area (Å²) in [6, 6.07) is 14.5. The Labute approximate surface area is 431 Å². The predicted molar refractivity (Wildman–Crippen MR) is 285 cm³/mol. The first-order chi connectivity index (χ1) is 34.8. The summed E-state index contributed by atoms with van der Waals surface area (Å²) in [5.41, 5.74) is 7.68. The summed E-state index contributed by atoms with van der Waals surface area (Å²) < 4.78 is 12.8. The Balaban J connectivity index is 0.695. The van der Waals surface area contributed by atoms with E-state index < -0.39 is 23.6 Å². The Hall–Kier alpha value is -5.65. The van der Waals surface area contributed by atoms with Crippen LogP contribution in [0.4, 0.5) is 15.6 Å². The van der Waals surface area contributed by atoms with Crippen LogP contribution in [0.5, 0.6) is 5.88 Å². The fourth-order valence-corrected chi connectivity index (χ4v) is 11.6. The molecule has 0 bridgehead atoms. The lowest BCUT2D eigenvalue weighted by molar-refractivity contribution is -0.144. The number of anilines is 2. The maximum absolute atomic E-state index is 14.0. The highest BCUT2D eigenvalue weighted by Crippen LogP contribution is 2.37. The van der Waals surface area contributed by atoms with E-state index in [0.29, 0.717) is 37.7 Å². The van der Waals surface area contributed by atoms with Gasteiger partial charge in [0.25, 0.3) is 0 Å². The molecule has 386 valence electrons. The van der Waals surface area contributed by atoms with E-state index in [2.05, 4.69) is 32.0 Å². The number of likely N-dealkylation sites (tertiary alicyclic amines) is 1. The van der Waals surface area contributed by atoms with Crippen molar-refractivity contribution in [2.24, 2.45) is 5.41 Å². The van der Waals surface area contributed by atoms with Crippen molar-refractivity contribution in [1.29, 1.82) is 0 Å². The van der Waals surface area contributed by atoms with Gasteiger partial charge < -0.3 is 35.4 Å². The standard InChI is InChI=1S/C55H72N8O7S2/c1-36-48(71-35-59-36)38-22-20-37(21-23-38)32-57-50(66)44-31-41(64)34-63(44)52(67)49(55(2,3)4)61-47(65)19-15-10-8-6-5-7-9-11-16-26-56-53-60-43-25-24-39(30-46(43)72-53)40-29-45-51(58-33-40)69-28-27-62(45)54(68)70-42-17-13-12-14-18-42/h20-25,29-30,33,35,41-42,44,49,64H,5-19,26-28,31-32,34H2,1-4H3,(H,56,60)(H,57,66)(H,61,65)/t41-,44+,49-/m1/s1. The first-order valence-electron chi connectivity index (χ1n) is 26.1. The molecule has 1 aliphatic carbocycles. The molecule has 0 unspecified atom stereocenters. The SMILES string of the molecule is Cc1ncsc1-c1ccc(CNC(=O)[C@@H]2C[C@@H](O)CN2C(=O)[C@@H](NC(=O)CCCCCCCCCCCNc2nc3ccc(-c4cnc5c(c4)N(C(=O)OC4CCCCC4)CCO5)cc3s2)C(C)(C)C)cc1. The maximum Gasteiger partial charge on any atom is 0.414 e. The van der Waals surface area contributed by atoms with Gasteiger partial charge in [0.2, 0.25) is 23.6 Å². The predicted octanol–water partition coefficient (Wildman–Crippen LogP) is 10.6. The lowest BCUT2D eigenvalue weighted by atomic mass is 9.85. The number of β-amino-alcohol motifs (C(OH)–C–C–N with tert-alkyl or cyclic N) is 1. The van der Waals surface area contributed by atoms with Crippen LogP contribution in [-0.2, 0) is 25.7 Å². The minimum Gasteiger partial charge on any atom is -0.474 e. The number of aliphatic hydroxyl groups excluding tert-OH is 1. The molecule has 3 aromatic heterocycles. The zero-order chi connectivity index (χ0) is 50.6. The first-order valence-corrected chi connectivity index (χ1v) is 27.8. The number of aliphatic hydroxyl groups is 1. The van der Waals surface area contributed by atoms with Crippen LogP contribution in [0.25, 0.3) is 31.8 Å². The number of rotatable bonds is 21. The molecular weight excluding hydrogens is 949 g/mol. The summed E-state index contributed by atoms with van der Waals surface area (Å²) in [5, 5.41) is 21.0. The summed E-state index contributed by atoms with van der Waals surface area (Å²) in [4.78, 5) is 71.9. The van der Waals surface area contributed by atoms with Crippen LogP contribution < -0.4 is 25.6 Å². The number of amides is 4. The number of pyridine rings is 1. The van der Waals surface area contributed by atoms with E-state index in [9.17, 15) is 24.3 Å². The molecule has 2 aliphatic heterocycles. The second-order valence-corrected chi connectivity index (χ2v) is 22.6. The fourth-order valence-electron chi connectivity index (χ4n) is 9.87. The monoisotopic (exact) mass is 1020 g/mol. The number of unbranched alkanes of at least 4 members (excludes halogenated alkanes) is 8. The number of thiazole rings is 2. The number of carbonyl (C=O) groups excluding carboxylic acids is 4. The third kappa shape index (κ3) is 13.9. The van der Waals surface area contributed by atoms with Crippen molar-refractivity contribution in [3.63, 3.8) is 0 Å². The molecule has 4 amide bonds. The number of nitrogens with one attached hydrogen (secondary N) is 3. The molecule has 15 nitrogen and oxygen atoms in total. The van der Waals surface area contributed by atoms with Crippen LogP contribution in [0, 0.1) is 12.3 Å². The number of fused-ring (bicyclic) bond motifs is 2. The second kappa shape index (κ2) is 24.9. The molecule has 1 saturated heterocycles. The quantitative estimate of drug-likeness (QED) is 0.0512. The topological polar surface area (TPSA) is 188 Å². The molecule has 4 N–H and O–H groups in total. The van der Waals surface area contributed by atoms with E-state index >= 15 is 0 Å². The van der Waals surface area contributed by atoms with Gasteiger partial charge in [-0.2, -0.15) is 0 Å². The molecule has 5 heterocycles. The fraction of sp³-hybridized carbons (Fsp3) is 0.545. The highest BCUT2D eigenvalue weighted by Gasteiger charge is 2.44. The molecule has 3 atom stereocenters. The molecular formula is C55H72N8O7S2. The minimum absolute atomic E-state index is 0.0230. The highest BCUT2D eigenvalue weighted by atomic mass is 32.1. The molecule has 0 spiro atoms. The van der Waals surface area contributed by atoms with Crippen molar-refractivity contribution >= 4 is 67.5 Å². The van der Waals surface area contributed by atoms with Gasteiger partial charge in [0.05, 0.1) is 38.9 Å². The average Bonchev–Trinajstić information content (AvgIpc) is 4.12. The number of ether oxygens (including phenoxy) is 2. The van der Waals surface area contributed by atoms with Crippen molar-refractivity contribution in [2.45, 2.75) is 161 Å². The lowest BCUT2D eigenvalue weighted by Gasteiger charge is -2.35. The molecule has 2 aromatic carbocycles. The van der Waals surface area contributed by atoms with Gasteiger partial charge in [0.1, 0.15) is 30.5 Å². The average molecular weight is 1020 g/mol. The van der Waals surface area contributed by atoms with Gasteiger partial charge in [-0.1, -0.05) is 114 Å². The Kier molecular flexibility index (Phi) is 18.2. The van der Waals surface area contributed by atoms with Crippen LogP contribution in [0.1, 0.15) is 135 Å². The number of benzene rings is 2. The van der Waals surface area contributed by atoms with Crippen molar-refractivity contribution in [1.82, 2.24) is 30.5 Å². The van der Waals surface area contributed by atoms with Crippen molar-refractivity contribution < 1.29 is 33.8 Å². The lowest BCUT2D eigenvalue weighted by Crippen LogP contribution is -2.57. The minimum atomic E-state index is -0.836. The van der Waals surface area contributed by atoms with Crippen molar-refractivity contribution in [3.05, 3.63) is 71.5 Å². The Morgan fingerprint density at radius 3 is 2.33 bits per heavy atom. The zero-order valence-corrected chi connectivity index (χ0v) is 44.0. The van der Waals surface area contributed by atoms with Crippen molar-refractivity contribution in [3.8, 4) is 27.4 Å².